The Bertz CT molecular complexity index is 826. The fraction of sp³-hybridized carbons (Fsp3) is 0.263. The number of aromatic nitrogens is 2. The number of benzene rings is 2. The number of rotatable bonds is 5. The third-order valence-electron chi connectivity index (χ3n) is 4.02. The van der Waals surface area contributed by atoms with Gasteiger partial charge in [0.05, 0.1) is 23.6 Å². The minimum atomic E-state index is -0.192. The average Bonchev–Trinajstić information content (AvgIpc) is 3.00. The summed E-state index contributed by atoms with van der Waals surface area (Å²) in [5.41, 5.74) is 4.18. The molecule has 0 fully saturated rings. The molecule has 0 unspecified atom stereocenters. The molecule has 0 aliphatic carbocycles. The maximum atomic E-state index is 12.2. The SMILES string of the molecule is CC[C@H](NC(=O)NCc1nc2ccc(C)cc2[nH]1)c1ccccc1. The topological polar surface area (TPSA) is 69.8 Å². The Morgan fingerprint density at radius 3 is 2.75 bits per heavy atom. The van der Waals surface area contributed by atoms with Gasteiger partial charge in [0.2, 0.25) is 0 Å². The van der Waals surface area contributed by atoms with Crippen molar-refractivity contribution >= 4 is 17.1 Å². The number of amides is 2. The lowest BCUT2D eigenvalue weighted by atomic mass is 10.1. The Hall–Kier alpha value is -2.82. The van der Waals surface area contributed by atoms with Crippen LogP contribution in [0.3, 0.4) is 0 Å². The van der Waals surface area contributed by atoms with Crippen molar-refractivity contribution in [1.82, 2.24) is 20.6 Å². The number of aryl methyl sites for hydroxylation is 1. The molecule has 0 saturated heterocycles. The van der Waals surface area contributed by atoms with Gasteiger partial charge in [0.25, 0.3) is 0 Å². The second-order valence-corrected chi connectivity index (χ2v) is 5.90. The monoisotopic (exact) mass is 322 g/mol. The number of H-pyrrole nitrogens is 1. The molecule has 5 nitrogen and oxygen atoms in total. The molecule has 0 aliphatic heterocycles. The van der Waals surface area contributed by atoms with Crippen molar-refractivity contribution in [2.45, 2.75) is 32.9 Å². The highest BCUT2D eigenvalue weighted by Gasteiger charge is 2.12. The number of hydrogen-bond donors (Lipinski definition) is 3. The zero-order chi connectivity index (χ0) is 16.9. The van der Waals surface area contributed by atoms with Gasteiger partial charge in [0.15, 0.2) is 0 Å². The first kappa shape index (κ1) is 16.1. The minimum Gasteiger partial charge on any atom is -0.340 e. The lowest BCUT2D eigenvalue weighted by Gasteiger charge is -2.17. The van der Waals surface area contributed by atoms with Gasteiger partial charge < -0.3 is 15.6 Å². The Balaban J connectivity index is 1.60. The van der Waals surface area contributed by atoms with Gasteiger partial charge in [-0.05, 0) is 36.6 Å². The molecule has 1 heterocycles. The molecule has 3 N–H and O–H groups in total. The van der Waals surface area contributed by atoms with Crippen molar-refractivity contribution in [3.63, 3.8) is 0 Å². The molecule has 2 amide bonds. The molecular formula is C19H22N4O. The minimum absolute atomic E-state index is 0.00419. The number of carbonyl (C=O) groups is 1. The van der Waals surface area contributed by atoms with Crippen LogP contribution in [0.1, 0.15) is 36.3 Å². The van der Waals surface area contributed by atoms with Crippen molar-refractivity contribution in [3.05, 3.63) is 65.5 Å². The molecule has 24 heavy (non-hydrogen) atoms. The normalized spacial score (nSPS) is 12.1. The molecule has 124 valence electrons. The Kier molecular flexibility index (Phi) is 4.79. The summed E-state index contributed by atoms with van der Waals surface area (Å²) in [5.74, 6) is 0.749. The van der Waals surface area contributed by atoms with E-state index in [0.29, 0.717) is 6.54 Å². The molecule has 0 spiro atoms. The van der Waals surface area contributed by atoms with Gasteiger partial charge in [-0.25, -0.2) is 9.78 Å². The molecular weight excluding hydrogens is 300 g/mol. The van der Waals surface area contributed by atoms with Gasteiger partial charge in [-0.2, -0.15) is 0 Å². The van der Waals surface area contributed by atoms with Gasteiger partial charge in [0, 0.05) is 0 Å². The lowest BCUT2D eigenvalue weighted by molar-refractivity contribution is 0.236. The summed E-state index contributed by atoms with van der Waals surface area (Å²) >= 11 is 0. The van der Waals surface area contributed by atoms with E-state index in [2.05, 4.69) is 33.6 Å². The summed E-state index contributed by atoms with van der Waals surface area (Å²) in [6, 6.07) is 15.8. The van der Waals surface area contributed by atoms with Crippen LogP contribution in [0, 0.1) is 6.92 Å². The highest BCUT2D eigenvalue weighted by atomic mass is 16.2. The van der Waals surface area contributed by atoms with Crippen molar-refractivity contribution in [2.75, 3.05) is 0 Å². The smallest absolute Gasteiger partial charge is 0.315 e. The van der Waals surface area contributed by atoms with E-state index >= 15 is 0 Å². The Labute approximate surface area is 141 Å². The molecule has 0 saturated carbocycles. The summed E-state index contributed by atoms with van der Waals surface area (Å²) in [4.78, 5) is 19.9. The van der Waals surface area contributed by atoms with Crippen LogP contribution >= 0.6 is 0 Å². The van der Waals surface area contributed by atoms with Crippen molar-refractivity contribution in [2.24, 2.45) is 0 Å². The number of hydrogen-bond acceptors (Lipinski definition) is 2. The third kappa shape index (κ3) is 3.74. The molecule has 0 aliphatic rings. The molecule has 1 atom stereocenters. The van der Waals surface area contributed by atoms with E-state index in [4.69, 9.17) is 0 Å². The summed E-state index contributed by atoms with van der Waals surface area (Å²) in [7, 11) is 0. The fourth-order valence-corrected chi connectivity index (χ4v) is 2.74. The van der Waals surface area contributed by atoms with Gasteiger partial charge in [0.1, 0.15) is 5.82 Å². The zero-order valence-electron chi connectivity index (χ0n) is 14.0. The van der Waals surface area contributed by atoms with Crippen LogP contribution in [0.5, 0.6) is 0 Å². The molecule has 0 bridgehead atoms. The molecule has 3 rings (SSSR count). The highest BCUT2D eigenvalue weighted by Crippen LogP contribution is 2.16. The number of fused-ring (bicyclic) bond motifs is 1. The van der Waals surface area contributed by atoms with Crippen LogP contribution in [0.15, 0.2) is 48.5 Å². The first-order chi connectivity index (χ1) is 11.7. The van der Waals surface area contributed by atoms with Gasteiger partial charge in [-0.3, -0.25) is 0 Å². The van der Waals surface area contributed by atoms with E-state index in [-0.39, 0.29) is 12.1 Å². The number of nitrogens with zero attached hydrogens (tertiary/aromatic N) is 1. The van der Waals surface area contributed by atoms with Crippen LogP contribution in [-0.4, -0.2) is 16.0 Å². The van der Waals surface area contributed by atoms with Gasteiger partial charge in [-0.15, -0.1) is 0 Å². The van der Waals surface area contributed by atoms with Crippen molar-refractivity contribution < 1.29 is 4.79 Å². The van der Waals surface area contributed by atoms with Crippen LogP contribution in [-0.2, 0) is 6.54 Å². The van der Waals surface area contributed by atoms with Gasteiger partial charge >= 0.3 is 6.03 Å². The number of aromatic amines is 1. The second kappa shape index (κ2) is 7.17. The van der Waals surface area contributed by atoms with Crippen LogP contribution in [0.25, 0.3) is 11.0 Å². The molecule has 3 aromatic rings. The maximum Gasteiger partial charge on any atom is 0.315 e. The Morgan fingerprint density at radius 1 is 1.21 bits per heavy atom. The van der Waals surface area contributed by atoms with E-state index in [1.54, 1.807) is 0 Å². The van der Waals surface area contributed by atoms with E-state index in [1.807, 2.05) is 49.4 Å². The first-order valence-corrected chi connectivity index (χ1v) is 8.20. The number of nitrogens with one attached hydrogen (secondary N) is 3. The fourth-order valence-electron chi connectivity index (χ4n) is 2.74. The number of imidazole rings is 1. The first-order valence-electron chi connectivity index (χ1n) is 8.20. The van der Waals surface area contributed by atoms with Crippen LogP contribution in [0.4, 0.5) is 4.79 Å². The highest BCUT2D eigenvalue weighted by molar-refractivity contribution is 5.76. The molecule has 5 heteroatoms. The predicted molar refractivity (Wildman–Crippen MR) is 95.7 cm³/mol. The quantitative estimate of drug-likeness (QED) is 0.668. The van der Waals surface area contributed by atoms with Crippen molar-refractivity contribution in [1.29, 1.82) is 0 Å². The summed E-state index contributed by atoms with van der Waals surface area (Å²) in [6.45, 7) is 4.46. The van der Waals surface area contributed by atoms with Crippen LogP contribution < -0.4 is 10.6 Å². The summed E-state index contributed by atoms with van der Waals surface area (Å²) in [6.07, 6.45) is 0.835. The number of carbonyl (C=O) groups excluding carboxylic acids is 1. The molecule has 2 aromatic carbocycles. The second-order valence-electron chi connectivity index (χ2n) is 5.90. The average molecular weight is 322 g/mol. The van der Waals surface area contributed by atoms with E-state index in [0.717, 1.165) is 28.8 Å². The third-order valence-corrected chi connectivity index (χ3v) is 4.02. The van der Waals surface area contributed by atoms with E-state index < -0.39 is 0 Å². The zero-order valence-corrected chi connectivity index (χ0v) is 14.0. The van der Waals surface area contributed by atoms with E-state index in [9.17, 15) is 4.79 Å². The molecule has 1 aromatic heterocycles. The number of urea groups is 1. The summed E-state index contributed by atoms with van der Waals surface area (Å²) < 4.78 is 0. The van der Waals surface area contributed by atoms with Crippen molar-refractivity contribution in [3.8, 4) is 0 Å². The Morgan fingerprint density at radius 2 is 2.00 bits per heavy atom. The van der Waals surface area contributed by atoms with Gasteiger partial charge in [-0.1, -0.05) is 43.3 Å². The standard InChI is InChI=1S/C19H22N4O/c1-3-15(14-7-5-4-6-8-14)23-19(24)20-12-18-21-16-10-9-13(2)11-17(16)22-18/h4-11,15H,3,12H2,1-2H3,(H,21,22)(H2,20,23,24)/t15-/m0/s1. The maximum absolute atomic E-state index is 12.2. The largest absolute Gasteiger partial charge is 0.340 e. The molecule has 0 radical (unpaired) electrons. The summed E-state index contributed by atoms with van der Waals surface area (Å²) in [5, 5.41) is 5.87. The predicted octanol–water partition coefficient (Wildman–Crippen LogP) is 3.82. The van der Waals surface area contributed by atoms with Crippen LogP contribution in [0.2, 0.25) is 0 Å². The van der Waals surface area contributed by atoms with E-state index in [1.165, 1.54) is 5.56 Å². The lowest BCUT2D eigenvalue weighted by Crippen LogP contribution is -2.37.